The zero-order valence-electron chi connectivity index (χ0n) is 36.4. The maximum atomic E-state index is 2.41. The van der Waals surface area contributed by atoms with Crippen LogP contribution in [-0.2, 0) is 0 Å². The minimum atomic E-state index is 0.856. The first-order chi connectivity index (χ1) is 32.2. The molecule has 9 aromatic rings. The predicted molar refractivity (Wildman–Crippen MR) is 282 cm³/mol. The molecule has 0 atom stereocenters. The van der Waals surface area contributed by atoms with Crippen molar-refractivity contribution in [2.45, 2.75) is 26.2 Å². The first-order valence-electron chi connectivity index (χ1n) is 22.6. The molecule has 11 rings (SSSR count). The van der Waals surface area contributed by atoms with Gasteiger partial charge in [-0.25, -0.2) is 0 Å². The molecule has 3 heteroatoms. The summed E-state index contributed by atoms with van der Waals surface area (Å²) in [4.78, 5) is 2.39. The summed E-state index contributed by atoms with van der Waals surface area (Å²) in [7, 11) is 0. The van der Waals surface area contributed by atoms with Crippen LogP contribution in [0.15, 0.2) is 236 Å². The van der Waals surface area contributed by atoms with Crippen LogP contribution in [0.3, 0.4) is 0 Å². The molecule has 0 bridgehead atoms. The third-order valence-electron chi connectivity index (χ3n) is 12.7. The normalized spacial score (nSPS) is 14.0. The van der Waals surface area contributed by atoms with Gasteiger partial charge in [-0.15, -0.1) is 11.3 Å². The van der Waals surface area contributed by atoms with Crippen LogP contribution in [0.25, 0.3) is 71.2 Å². The second-order valence-corrected chi connectivity index (χ2v) is 17.9. The Balaban J connectivity index is 0.891. The third kappa shape index (κ3) is 7.97. The molecule has 0 saturated carbocycles. The Morgan fingerprint density at radius 3 is 2.06 bits per heavy atom. The summed E-state index contributed by atoms with van der Waals surface area (Å²) >= 11 is 1.89. The van der Waals surface area contributed by atoms with Crippen LogP contribution in [0.2, 0.25) is 0 Å². The van der Waals surface area contributed by atoms with Gasteiger partial charge in [-0.3, -0.25) is 0 Å². The van der Waals surface area contributed by atoms with Crippen molar-refractivity contribution in [3.05, 3.63) is 258 Å². The maximum Gasteiger partial charge on any atom is 0.0541 e. The molecule has 2 aliphatic carbocycles. The Labute approximate surface area is 385 Å². The van der Waals surface area contributed by atoms with Crippen molar-refractivity contribution in [1.29, 1.82) is 0 Å². The number of aromatic nitrogens is 1. The van der Waals surface area contributed by atoms with Crippen molar-refractivity contribution >= 4 is 77.1 Å². The van der Waals surface area contributed by atoms with E-state index < -0.39 is 0 Å². The molecule has 0 fully saturated rings. The average Bonchev–Trinajstić information content (AvgIpc) is 3.67. The highest BCUT2D eigenvalue weighted by Crippen LogP contribution is 2.40. The molecule has 0 amide bonds. The average molecular weight is 853 g/mol. The molecule has 2 nitrogen and oxygen atoms in total. The van der Waals surface area contributed by atoms with Crippen molar-refractivity contribution in [2.24, 2.45) is 0 Å². The van der Waals surface area contributed by atoms with Crippen molar-refractivity contribution < 1.29 is 0 Å². The summed E-state index contributed by atoms with van der Waals surface area (Å²) in [6.45, 7) is 2.23. The molecule has 0 saturated heterocycles. The van der Waals surface area contributed by atoms with Gasteiger partial charge in [-0.05, 0) is 132 Å². The zero-order valence-corrected chi connectivity index (χ0v) is 37.3. The second kappa shape index (κ2) is 17.8. The quantitative estimate of drug-likeness (QED) is 0.124. The molecule has 0 spiro atoms. The van der Waals surface area contributed by atoms with E-state index in [0.717, 1.165) is 36.3 Å². The van der Waals surface area contributed by atoms with Gasteiger partial charge in [0.15, 0.2) is 0 Å². The fourth-order valence-corrected chi connectivity index (χ4v) is 10.7. The van der Waals surface area contributed by atoms with Gasteiger partial charge in [0.2, 0.25) is 0 Å². The van der Waals surface area contributed by atoms with Crippen LogP contribution < -0.4 is 4.90 Å². The lowest BCUT2D eigenvalue weighted by Crippen LogP contribution is -2.15. The highest BCUT2D eigenvalue weighted by molar-refractivity contribution is 7.26. The van der Waals surface area contributed by atoms with E-state index in [2.05, 4.69) is 253 Å². The topological polar surface area (TPSA) is 8.17 Å². The van der Waals surface area contributed by atoms with E-state index >= 15 is 0 Å². The van der Waals surface area contributed by atoms with Crippen molar-refractivity contribution in [3.63, 3.8) is 0 Å². The zero-order chi connectivity index (χ0) is 43.5. The monoisotopic (exact) mass is 852 g/mol. The predicted octanol–water partition coefficient (Wildman–Crippen LogP) is 17.6. The Bertz CT molecular complexity index is 3420. The van der Waals surface area contributed by atoms with Crippen LogP contribution in [-0.4, -0.2) is 4.57 Å². The number of hydrogen-bond acceptors (Lipinski definition) is 2. The van der Waals surface area contributed by atoms with Crippen molar-refractivity contribution in [3.8, 4) is 16.8 Å². The van der Waals surface area contributed by atoms with Gasteiger partial charge in [-0.1, -0.05) is 169 Å². The summed E-state index contributed by atoms with van der Waals surface area (Å²) in [6.07, 6.45) is 25.7. The van der Waals surface area contributed by atoms with Crippen molar-refractivity contribution in [2.75, 3.05) is 4.90 Å². The summed E-state index contributed by atoms with van der Waals surface area (Å²) in [5.74, 6) is 0. The van der Waals surface area contributed by atoms with E-state index in [9.17, 15) is 0 Å². The molecular formula is C62H48N2S. The summed E-state index contributed by atoms with van der Waals surface area (Å²) < 4.78 is 5.09. The number of thiophene rings is 1. The molecule has 312 valence electrons. The number of anilines is 2. The van der Waals surface area contributed by atoms with Crippen LogP contribution in [0.4, 0.5) is 11.4 Å². The number of para-hydroxylation sites is 2. The SMILES string of the molecule is C/C(=C\C=C/CC1=CC=C(N(c2ccc(C3=Cc4c(n(-c5ccccc5)c5ccccc45)C=CC3)cc2)c2ccc(-c3ccccc3)cc2)C=CC1)c1cccc2c1sc1ccccc12. The van der Waals surface area contributed by atoms with Crippen LogP contribution >= 0.6 is 11.3 Å². The number of fused-ring (bicyclic) bond motifs is 6. The molecule has 0 N–H and O–H groups in total. The minimum Gasteiger partial charge on any atom is -0.311 e. The molecule has 2 aromatic heterocycles. The largest absolute Gasteiger partial charge is 0.311 e. The molecule has 0 aliphatic heterocycles. The molecule has 0 radical (unpaired) electrons. The van der Waals surface area contributed by atoms with Gasteiger partial charge >= 0.3 is 0 Å². The number of nitrogens with zero attached hydrogens (tertiary/aromatic N) is 2. The molecule has 2 heterocycles. The fourth-order valence-electron chi connectivity index (χ4n) is 9.43. The summed E-state index contributed by atoms with van der Waals surface area (Å²) in [6, 6.07) is 63.6. The third-order valence-corrected chi connectivity index (χ3v) is 14.0. The van der Waals surface area contributed by atoms with Crippen LogP contribution in [0.5, 0.6) is 0 Å². The Morgan fingerprint density at radius 2 is 1.26 bits per heavy atom. The number of rotatable bonds is 10. The summed E-state index contributed by atoms with van der Waals surface area (Å²) in [5.41, 5.74) is 17.2. The second-order valence-electron chi connectivity index (χ2n) is 16.8. The first kappa shape index (κ1) is 40.1. The molecule has 2 aliphatic rings. The standard InChI is InChI=1S/C62H48N2S/c1-44(54-28-16-29-57-56-27-11-13-32-61(56)65-62(54)57)17-8-9-18-45-19-14-25-51(38-33-45)63(52-39-34-47(35-40-52)46-20-4-2-5-21-46)53-41-36-48(37-42-53)49-22-15-31-60-58(43-49)55-26-10-12-30-59(55)64(60)50-23-6-3-7-24-50/h2-17,20-21,23-43H,18-19,22H2,1H3/b9-8-,44-17+. The van der Waals surface area contributed by atoms with Gasteiger partial charge in [0.05, 0.1) is 11.2 Å². The Morgan fingerprint density at radius 1 is 0.600 bits per heavy atom. The fraction of sp³-hybridized carbons (Fsp3) is 0.0645. The lowest BCUT2D eigenvalue weighted by atomic mass is 9.99. The molecule has 65 heavy (non-hydrogen) atoms. The molecular weight excluding hydrogens is 805 g/mol. The van der Waals surface area contributed by atoms with Gasteiger partial charge in [0.25, 0.3) is 0 Å². The molecule has 0 unspecified atom stereocenters. The van der Waals surface area contributed by atoms with Crippen molar-refractivity contribution in [1.82, 2.24) is 4.57 Å². The van der Waals surface area contributed by atoms with Gasteiger partial charge in [0, 0.05) is 53.9 Å². The van der Waals surface area contributed by atoms with E-state index in [0.29, 0.717) is 0 Å². The smallest absolute Gasteiger partial charge is 0.0541 e. The van der Waals surface area contributed by atoms with E-state index in [1.54, 1.807) is 0 Å². The Hall–Kier alpha value is -7.72. The number of allylic oxidation sites excluding steroid dienone is 11. The minimum absolute atomic E-state index is 0.856. The first-order valence-corrected chi connectivity index (χ1v) is 23.4. The van der Waals surface area contributed by atoms with Gasteiger partial charge in [-0.2, -0.15) is 0 Å². The molecule has 7 aromatic carbocycles. The van der Waals surface area contributed by atoms with Gasteiger partial charge in [0.1, 0.15) is 0 Å². The highest BCUT2D eigenvalue weighted by Gasteiger charge is 2.19. The van der Waals surface area contributed by atoms with Crippen LogP contribution in [0, 0.1) is 0 Å². The number of hydrogen-bond donors (Lipinski definition) is 0. The van der Waals surface area contributed by atoms with E-state index in [4.69, 9.17) is 0 Å². The van der Waals surface area contributed by atoms with Crippen LogP contribution in [0.1, 0.15) is 48.6 Å². The lowest BCUT2D eigenvalue weighted by Gasteiger charge is -2.27. The van der Waals surface area contributed by atoms with E-state index in [-0.39, 0.29) is 0 Å². The number of benzene rings is 7. The van der Waals surface area contributed by atoms with Gasteiger partial charge < -0.3 is 9.47 Å². The van der Waals surface area contributed by atoms with E-state index in [1.165, 1.54) is 87.0 Å². The highest BCUT2D eigenvalue weighted by atomic mass is 32.1. The lowest BCUT2D eigenvalue weighted by molar-refractivity contribution is 1.10. The Kier molecular flexibility index (Phi) is 11.0. The maximum absolute atomic E-state index is 2.41. The van der Waals surface area contributed by atoms with E-state index in [1.807, 2.05) is 11.3 Å². The summed E-state index contributed by atoms with van der Waals surface area (Å²) in [5, 5.41) is 3.94.